The quantitative estimate of drug-likeness (QED) is 0.309. The van der Waals surface area contributed by atoms with E-state index >= 15 is 0 Å². The number of nitrogens with one attached hydrogen (secondary N) is 4. The molecule has 5 heterocycles. The number of anilines is 4. The molecule has 5 rings (SSSR count). The van der Waals surface area contributed by atoms with E-state index in [0.717, 1.165) is 54.6 Å². The van der Waals surface area contributed by atoms with Crippen molar-refractivity contribution in [1.82, 2.24) is 40.4 Å². The number of aryl methyl sites for hydroxylation is 2. The van der Waals surface area contributed by atoms with Crippen molar-refractivity contribution in [2.24, 2.45) is 7.05 Å². The molecule has 13 nitrogen and oxygen atoms in total. The number of aromatic nitrogens is 5. The number of hydrazine groups is 1. The molecule has 0 aromatic carbocycles. The van der Waals surface area contributed by atoms with Crippen LogP contribution in [0.15, 0.2) is 30.9 Å². The van der Waals surface area contributed by atoms with Crippen molar-refractivity contribution < 1.29 is 9.53 Å². The van der Waals surface area contributed by atoms with Crippen LogP contribution >= 0.6 is 0 Å². The molecule has 3 aromatic rings. The van der Waals surface area contributed by atoms with Crippen LogP contribution in [0.4, 0.5) is 23.1 Å². The minimum Gasteiger partial charge on any atom is -0.383 e. The van der Waals surface area contributed by atoms with Crippen molar-refractivity contribution in [2.75, 3.05) is 56.0 Å². The fraction of sp³-hybridized carbons (Fsp3) is 0.480. The Morgan fingerprint density at radius 3 is 2.89 bits per heavy atom. The SMILES string of the molecule is COCC1CCCN1CCNC(=O)c1cnc(C)c(NC2NN(C)c3nc(Nc4cnn(C)c4)ncc32)c1. The lowest BCUT2D eigenvalue weighted by molar-refractivity contribution is 0.0931. The minimum atomic E-state index is -0.283. The summed E-state index contributed by atoms with van der Waals surface area (Å²) in [6, 6.07) is 2.26. The van der Waals surface area contributed by atoms with Crippen LogP contribution in [-0.2, 0) is 11.8 Å². The first-order chi connectivity index (χ1) is 18.4. The number of ether oxygens (including phenoxy) is 1. The molecule has 13 heteroatoms. The van der Waals surface area contributed by atoms with Crippen molar-refractivity contribution in [3.63, 3.8) is 0 Å². The monoisotopic (exact) mass is 521 g/mol. The molecule has 0 radical (unpaired) electrons. The van der Waals surface area contributed by atoms with E-state index in [1.165, 1.54) is 6.42 Å². The topological polar surface area (TPSA) is 137 Å². The van der Waals surface area contributed by atoms with Crippen LogP contribution in [0.3, 0.4) is 0 Å². The van der Waals surface area contributed by atoms with Crippen molar-refractivity contribution in [3.8, 4) is 0 Å². The Morgan fingerprint density at radius 2 is 2.11 bits per heavy atom. The van der Waals surface area contributed by atoms with Gasteiger partial charge in [-0.05, 0) is 32.4 Å². The van der Waals surface area contributed by atoms with Gasteiger partial charge in [0.15, 0.2) is 5.82 Å². The van der Waals surface area contributed by atoms with Gasteiger partial charge in [-0.2, -0.15) is 10.1 Å². The number of hydrogen-bond acceptors (Lipinski definition) is 11. The summed E-state index contributed by atoms with van der Waals surface area (Å²) in [5.74, 6) is 1.08. The average Bonchev–Trinajstić information content (AvgIpc) is 3.60. The zero-order chi connectivity index (χ0) is 26.6. The molecule has 0 spiro atoms. The number of amides is 1. The van der Waals surface area contributed by atoms with E-state index in [1.54, 1.807) is 30.4 Å². The molecule has 1 saturated heterocycles. The van der Waals surface area contributed by atoms with Crippen molar-refractivity contribution >= 4 is 29.0 Å². The molecule has 0 saturated carbocycles. The Bertz CT molecular complexity index is 1280. The lowest BCUT2D eigenvalue weighted by Crippen LogP contribution is -2.39. The molecule has 202 valence electrons. The van der Waals surface area contributed by atoms with Gasteiger partial charge in [-0.25, -0.2) is 10.4 Å². The predicted octanol–water partition coefficient (Wildman–Crippen LogP) is 1.56. The van der Waals surface area contributed by atoms with Gasteiger partial charge >= 0.3 is 0 Å². The summed E-state index contributed by atoms with van der Waals surface area (Å²) in [5.41, 5.74) is 7.09. The van der Waals surface area contributed by atoms with Gasteiger partial charge < -0.3 is 20.7 Å². The van der Waals surface area contributed by atoms with Crippen LogP contribution in [0.5, 0.6) is 0 Å². The number of carbonyl (C=O) groups excluding carboxylic acids is 1. The smallest absolute Gasteiger partial charge is 0.252 e. The third kappa shape index (κ3) is 5.69. The Hall–Kier alpha value is -3.81. The summed E-state index contributed by atoms with van der Waals surface area (Å²) in [5, 5.41) is 15.7. The van der Waals surface area contributed by atoms with Gasteiger partial charge in [0.1, 0.15) is 6.17 Å². The summed E-state index contributed by atoms with van der Waals surface area (Å²) in [6.45, 7) is 5.05. The predicted molar refractivity (Wildman–Crippen MR) is 144 cm³/mol. The van der Waals surface area contributed by atoms with Crippen molar-refractivity contribution in [2.45, 2.75) is 32.0 Å². The highest BCUT2D eigenvalue weighted by Crippen LogP contribution is 2.32. The van der Waals surface area contributed by atoms with Gasteiger partial charge in [0, 0.05) is 58.9 Å². The maximum Gasteiger partial charge on any atom is 0.252 e. The number of hydrogen-bond donors (Lipinski definition) is 4. The minimum absolute atomic E-state index is 0.144. The maximum absolute atomic E-state index is 12.9. The van der Waals surface area contributed by atoms with E-state index in [-0.39, 0.29) is 12.1 Å². The van der Waals surface area contributed by atoms with E-state index in [0.29, 0.717) is 24.1 Å². The van der Waals surface area contributed by atoms with Gasteiger partial charge in [0.25, 0.3) is 5.91 Å². The van der Waals surface area contributed by atoms with Gasteiger partial charge in [-0.3, -0.25) is 24.4 Å². The fourth-order valence-corrected chi connectivity index (χ4v) is 4.91. The third-order valence-electron chi connectivity index (χ3n) is 6.90. The number of pyridine rings is 1. The first-order valence-electron chi connectivity index (χ1n) is 12.8. The second-order valence-corrected chi connectivity index (χ2v) is 9.67. The molecule has 38 heavy (non-hydrogen) atoms. The standard InChI is InChI=1S/C25H35N11O2/c1-16-21(10-17(11-27-16)24(37)26-7-9-36-8-5-6-19(36)15-38-4)31-22-20-13-28-25(32-23(20)35(3)33-22)30-18-12-29-34(2)14-18/h10-14,19,22,31,33H,5-9,15H2,1-4H3,(H,26,37)(H,28,30,32). The second-order valence-electron chi connectivity index (χ2n) is 9.67. The van der Waals surface area contributed by atoms with E-state index in [2.05, 4.69) is 46.3 Å². The van der Waals surface area contributed by atoms with Crippen LogP contribution in [0.2, 0.25) is 0 Å². The first-order valence-corrected chi connectivity index (χ1v) is 12.8. The van der Waals surface area contributed by atoms with E-state index in [9.17, 15) is 4.79 Å². The molecule has 3 aromatic heterocycles. The van der Waals surface area contributed by atoms with Crippen LogP contribution in [0, 0.1) is 6.92 Å². The third-order valence-corrected chi connectivity index (χ3v) is 6.90. The second kappa shape index (κ2) is 11.3. The largest absolute Gasteiger partial charge is 0.383 e. The van der Waals surface area contributed by atoms with Crippen LogP contribution in [-0.4, -0.2) is 82.0 Å². The van der Waals surface area contributed by atoms with Crippen LogP contribution in [0.1, 0.15) is 40.6 Å². The van der Waals surface area contributed by atoms with Gasteiger partial charge in [-0.1, -0.05) is 0 Å². The molecule has 0 aliphatic carbocycles. The number of likely N-dealkylation sites (tertiary alicyclic amines) is 1. The van der Waals surface area contributed by atoms with Gasteiger partial charge in [0.2, 0.25) is 5.95 Å². The molecule has 4 N–H and O–H groups in total. The highest BCUT2D eigenvalue weighted by molar-refractivity contribution is 5.94. The van der Waals surface area contributed by atoms with Gasteiger partial charge in [-0.15, -0.1) is 0 Å². The van der Waals surface area contributed by atoms with Crippen LogP contribution in [0.25, 0.3) is 0 Å². The molecule has 1 fully saturated rings. The molecule has 0 bridgehead atoms. The van der Waals surface area contributed by atoms with Gasteiger partial charge in [0.05, 0.1) is 41.0 Å². The molecule has 1 amide bonds. The molecule has 2 unspecified atom stereocenters. The van der Waals surface area contributed by atoms with Crippen LogP contribution < -0.4 is 26.4 Å². The Morgan fingerprint density at radius 1 is 1.24 bits per heavy atom. The Labute approximate surface area is 222 Å². The molecular formula is C25H35N11O2. The number of nitrogens with zero attached hydrogens (tertiary/aromatic N) is 7. The lowest BCUT2D eigenvalue weighted by Gasteiger charge is -2.23. The Kier molecular flexibility index (Phi) is 7.67. The molecule has 2 aliphatic rings. The molecule has 2 aliphatic heterocycles. The van der Waals surface area contributed by atoms with Crippen molar-refractivity contribution in [1.29, 1.82) is 0 Å². The summed E-state index contributed by atoms with van der Waals surface area (Å²) >= 11 is 0. The highest BCUT2D eigenvalue weighted by atomic mass is 16.5. The molecular weight excluding hydrogens is 486 g/mol. The number of methoxy groups -OCH3 is 1. The van der Waals surface area contributed by atoms with Crippen molar-refractivity contribution in [3.05, 3.63) is 47.7 Å². The molecule has 2 atom stereocenters. The first kappa shape index (κ1) is 25.8. The lowest BCUT2D eigenvalue weighted by atomic mass is 10.2. The zero-order valence-corrected chi connectivity index (χ0v) is 22.2. The highest BCUT2D eigenvalue weighted by Gasteiger charge is 2.29. The summed E-state index contributed by atoms with van der Waals surface area (Å²) in [6.07, 6.45) is 8.98. The summed E-state index contributed by atoms with van der Waals surface area (Å²) in [4.78, 5) is 28.9. The zero-order valence-electron chi connectivity index (χ0n) is 22.2. The number of carbonyl (C=O) groups is 1. The average molecular weight is 522 g/mol. The Balaban J connectivity index is 1.22. The van der Waals surface area contributed by atoms with E-state index in [4.69, 9.17) is 4.74 Å². The fourth-order valence-electron chi connectivity index (χ4n) is 4.91. The number of fused-ring (bicyclic) bond motifs is 1. The summed E-state index contributed by atoms with van der Waals surface area (Å²) < 4.78 is 7.03. The van der Waals surface area contributed by atoms with E-state index < -0.39 is 0 Å². The number of rotatable bonds is 10. The van der Waals surface area contributed by atoms with E-state index in [1.807, 2.05) is 38.3 Å². The summed E-state index contributed by atoms with van der Waals surface area (Å²) in [7, 11) is 5.48. The maximum atomic E-state index is 12.9. The normalized spacial score (nSPS) is 19.0.